The van der Waals surface area contributed by atoms with Gasteiger partial charge >= 0.3 is 4.87 Å². The van der Waals surface area contributed by atoms with Gasteiger partial charge in [-0.05, 0) is 30.4 Å². The van der Waals surface area contributed by atoms with Crippen LogP contribution in [0.15, 0.2) is 34.4 Å². The van der Waals surface area contributed by atoms with Crippen molar-refractivity contribution < 1.29 is 4.79 Å². The lowest BCUT2D eigenvalue weighted by molar-refractivity contribution is 0.0594. The number of H-pyrrole nitrogens is 1. The summed E-state index contributed by atoms with van der Waals surface area (Å²) in [5.74, 6) is -0.0456. The highest BCUT2D eigenvalue weighted by atomic mass is 32.1. The Kier molecular flexibility index (Phi) is 4.24. The smallest absolute Gasteiger partial charge is 0.305 e. The molecule has 1 aromatic carbocycles. The molecule has 1 aromatic heterocycles. The number of hydrogen-bond acceptors (Lipinski definition) is 4. The van der Waals surface area contributed by atoms with Crippen LogP contribution in [0.3, 0.4) is 0 Å². The number of nitrogens with one attached hydrogen (secondary N) is 1. The molecule has 0 spiro atoms. The van der Waals surface area contributed by atoms with Crippen molar-refractivity contribution in [2.24, 2.45) is 0 Å². The van der Waals surface area contributed by atoms with Gasteiger partial charge < -0.3 is 9.88 Å². The second kappa shape index (κ2) is 6.53. The van der Waals surface area contributed by atoms with E-state index in [1.807, 2.05) is 4.90 Å². The second-order valence-corrected chi connectivity index (χ2v) is 7.42. The molecule has 2 aromatic rings. The number of piperidine rings is 1. The maximum absolute atomic E-state index is 12.4. The molecule has 2 aliphatic heterocycles. The van der Waals surface area contributed by atoms with Crippen molar-refractivity contribution in [3.63, 3.8) is 0 Å². The molecule has 1 N–H and O–H groups in total. The molecule has 1 amide bonds. The summed E-state index contributed by atoms with van der Waals surface area (Å²) in [5, 5.41) is 1.62. The Morgan fingerprint density at radius 3 is 2.58 bits per heavy atom. The van der Waals surface area contributed by atoms with Crippen LogP contribution in [-0.2, 0) is 13.0 Å². The van der Waals surface area contributed by atoms with Gasteiger partial charge in [-0.15, -0.1) is 0 Å². The Morgan fingerprint density at radius 1 is 1.12 bits per heavy atom. The largest absolute Gasteiger partial charge is 0.337 e. The molecule has 126 valence electrons. The second-order valence-electron chi connectivity index (χ2n) is 6.57. The van der Waals surface area contributed by atoms with Crippen LogP contribution in [0.4, 0.5) is 0 Å². The first-order valence-electron chi connectivity index (χ1n) is 8.48. The minimum absolute atomic E-state index is 0.0456. The lowest BCUT2D eigenvalue weighted by Gasteiger charge is -2.40. The molecular formula is C18H21N3O2S. The maximum atomic E-state index is 12.4. The SMILES string of the molecule is O=C(c1csc(=O)[nH]1)N1CCC(N2CCc3ccccc3C2)CC1. The third kappa shape index (κ3) is 3.03. The number of fused-ring (bicyclic) bond motifs is 1. The van der Waals surface area contributed by atoms with E-state index in [1.54, 1.807) is 5.38 Å². The van der Waals surface area contributed by atoms with Gasteiger partial charge in [-0.2, -0.15) is 0 Å². The van der Waals surface area contributed by atoms with E-state index in [1.165, 1.54) is 11.1 Å². The van der Waals surface area contributed by atoms with Gasteiger partial charge in [-0.25, -0.2) is 0 Å². The summed E-state index contributed by atoms with van der Waals surface area (Å²) in [4.78, 5) is 30.5. The van der Waals surface area contributed by atoms with E-state index in [0.717, 1.165) is 56.8 Å². The lowest BCUT2D eigenvalue weighted by Crippen LogP contribution is -2.48. The number of carbonyl (C=O) groups is 1. The summed E-state index contributed by atoms with van der Waals surface area (Å²) in [6, 6.07) is 9.24. The van der Waals surface area contributed by atoms with Crippen LogP contribution in [0.5, 0.6) is 0 Å². The van der Waals surface area contributed by atoms with Gasteiger partial charge in [0.2, 0.25) is 0 Å². The number of benzene rings is 1. The molecule has 6 heteroatoms. The van der Waals surface area contributed by atoms with Crippen LogP contribution in [0, 0.1) is 0 Å². The average Bonchev–Trinajstić information content (AvgIpc) is 3.07. The standard InChI is InChI=1S/C18H21N3O2S/c22-17(16-12-24-18(23)19-16)20-9-6-15(7-10-20)21-8-5-13-3-1-2-4-14(13)11-21/h1-4,12,15H,5-11H2,(H,19,23). The quantitative estimate of drug-likeness (QED) is 0.908. The van der Waals surface area contributed by atoms with Crippen molar-refractivity contribution in [2.75, 3.05) is 19.6 Å². The summed E-state index contributed by atoms with van der Waals surface area (Å²) in [6.07, 6.45) is 3.12. The predicted octanol–water partition coefficient (Wildman–Crippen LogP) is 2.10. The van der Waals surface area contributed by atoms with Crippen LogP contribution < -0.4 is 4.87 Å². The van der Waals surface area contributed by atoms with Crippen molar-refractivity contribution in [1.29, 1.82) is 0 Å². The molecule has 0 atom stereocenters. The van der Waals surface area contributed by atoms with Crippen LogP contribution in [0.1, 0.15) is 34.5 Å². The highest BCUT2D eigenvalue weighted by molar-refractivity contribution is 7.07. The minimum atomic E-state index is -0.166. The topological polar surface area (TPSA) is 56.4 Å². The summed E-state index contributed by atoms with van der Waals surface area (Å²) in [7, 11) is 0. The molecule has 0 unspecified atom stereocenters. The van der Waals surface area contributed by atoms with Gasteiger partial charge in [-0.3, -0.25) is 14.5 Å². The molecule has 2 aliphatic rings. The highest BCUT2D eigenvalue weighted by Crippen LogP contribution is 2.25. The average molecular weight is 343 g/mol. The van der Waals surface area contributed by atoms with E-state index in [9.17, 15) is 9.59 Å². The van der Waals surface area contributed by atoms with E-state index in [4.69, 9.17) is 0 Å². The Balaban J connectivity index is 1.37. The molecule has 5 nitrogen and oxygen atoms in total. The van der Waals surface area contributed by atoms with E-state index in [2.05, 4.69) is 34.1 Å². The first-order chi connectivity index (χ1) is 11.7. The highest BCUT2D eigenvalue weighted by Gasteiger charge is 2.29. The van der Waals surface area contributed by atoms with E-state index >= 15 is 0 Å². The first kappa shape index (κ1) is 15.6. The number of amides is 1. The molecule has 4 rings (SSSR count). The monoisotopic (exact) mass is 343 g/mol. The number of rotatable bonds is 2. The van der Waals surface area contributed by atoms with Crippen molar-refractivity contribution in [2.45, 2.75) is 31.8 Å². The fourth-order valence-corrected chi connectivity index (χ4v) is 4.37. The third-order valence-corrected chi connectivity index (χ3v) is 5.85. The number of carbonyl (C=O) groups excluding carboxylic acids is 1. The van der Waals surface area contributed by atoms with Gasteiger partial charge in [0.1, 0.15) is 5.69 Å². The molecule has 0 saturated carbocycles. The van der Waals surface area contributed by atoms with E-state index in [-0.39, 0.29) is 10.8 Å². The van der Waals surface area contributed by atoms with E-state index in [0.29, 0.717) is 11.7 Å². The molecule has 24 heavy (non-hydrogen) atoms. The van der Waals surface area contributed by atoms with Crippen molar-refractivity contribution in [1.82, 2.24) is 14.8 Å². The number of aromatic nitrogens is 1. The third-order valence-electron chi connectivity index (χ3n) is 5.18. The predicted molar refractivity (Wildman–Crippen MR) is 94.4 cm³/mol. The molecule has 0 bridgehead atoms. The molecule has 1 saturated heterocycles. The molecular weight excluding hydrogens is 322 g/mol. The van der Waals surface area contributed by atoms with Crippen molar-refractivity contribution >= 4 is 17.2 Å². The van der Waals surface area contributed by atoms with Crippen molar-refractivity contribution in [3.8, 4) is 0 Å². The zero-order valence-electron chi connectivity index (χ0n) is 13.5. The number of hydrogen-bond donors (Lipinski definition) is 1. The molecule has 3 heterocycles. The number of nitrogens with zero attached hydrogens (tertiary/aromatic N) is 2. The number of thiazole rings is 1. The number of aromatic amines is 1. The Morgan fingerprint density at radius 2 is 1.88 bits per heavy atom. The van der Waals surface area contributed by atoms with Crippen LogP contribution in [-0.4, -0.2) is 46.4 Å². The van der Waals surface area contributed by atoms with E-state index < -0.39 is 0 Å². The zero-order chi connectivity index (χ0) is 16.5. The van der Waals surface area contributed by atoms with Gasteiger partial charge in [0.15, 0.2) is 0 Å². The fourth-order valence-electron chi connectivity index (χ4n) is 3.82. The lowest BCUT2D eigenvalue weighted by atomic mass is 9.95. The van der Waals surface area contributed by atoms with Crippen molar-refractivity contribution in [3.05, 3.63) is 56.1 Å². The summed E-state index contributed by atoms with van der Waals surface area (Å²) < 4.78 is 0. The molecule has 0 radical (unpaired) electrons. The summed E-state index contributed by atoms with van der Waals surface area (Å²) in [6.45, 7) is 3.65. The summed E-state index contributed by atoms with van der Waals surface area (Å²) in [5.41, 5.74) is 3.34. The van der Waals surface area contributed by atoms with Crippen LogP contribution in [0.25, 0.3) is 0 Å². The molecule has 0 aliphatic carbocycles. The van der Waals surface area contributed by atoms with Gasteiger partial charge in [-0.1, -0.05) is 35.6 Å². The van der Waals surface area contributed by atoms with Gasteiger partial charge in [0, 0.05) is 37.6 Å². The molecule has 1 fully saturated rings. The maximum Gasteiger partial charge on any atom is 0.305 e. The van der Waals surface area contributed by atoms with Gasteiger partial charge in [0.25, 0.3) is 5.91 Å². The van der Waals surface area contributed by atoms with Crippen LogP contribution in [0.2, 0.25) is 0 Å². The Bertz CT molecular complexity index is 789. The van der Waals surface area contributed by atoms with Gasteiger partial charge in [0.05, 0.1) is 0 Å². The Hall–Kier alpha value is -1.92. The number of likely N-dealkylation sites (tertiary alicyclic amines) is 1. The summed E-state index contributed by atoms with van der Waals surface area (Å²) >= 11 is 1.05. The van der Waals surface area contributed by atoms with Crippen LogP contribution >= 0.6 is 11.3 Å². The zero-order valence-corrected chi connectivity index (χ0v) is 14.3. The first-order valence-corrected chi connectivity index (χ1v) is 9.36. The fraction of sp³-hybridized carbons (Fsp3) is 0.444. The normalized spacial score (nSPS) is 19.2. The minimum Gasteiger partial charge on any atom is -0.337 e. The Labute approximate surface area is 144 Å².